The van der Waals surface area contributed by atoms with Gasteiger partial charge in [-0.1, -0.05) is 26.2 Å². The molecule has 2 unspecified atom stereocenters. The molecular weight excluding hydrogens is 244 g/mol. The van der Waals surface area contributed by atoms with Crippen molar-refractivity contribution in [1.29, 1.82) is 0 Å². The molecule has 1 rings (SSSR count). The maximum atomic E-state index is 12.1. The Morgan fingerprint density at radius 2 is 2.05 bits per heavy atom. The second-order valence-electron chi connectivity index (χ2n) is 5.31. The van der Waals surface area contributed by atoms with Crippen molar-refractivity contribution in [3.05, 3.63) is 0 Å². The Morgan fingerprint density at radius 1 is 1.32 bits per heavy atom. The highest BCUT2D eigenvalue weighted by molar-refractivity contribution is 5.75. The first kappa shape index (κ1) is 15.8. The van der Waals surface area contributed by atoms with E-state index in [-0.39, 0.29) is 25.0 Å². The summed E-state index contributed by atoms with van der Waals surface area (Å²) in [5.41, 5.74) is 0. The Labute approximate surface area is 115 Å². The summed E-state index contributed by atoms with van der Waals surface area (Å²) in [4.78, 5) is 24.2. The summed E-state index contributed by atoms with van der Waals surface area (Å²) in [6.07, 6.45) is 5.70. The zero-order valence-corrected chi connectivity index (χ0v) is 12.0. The van der Waals surface area contributed by atoms with Crippen LogP contribution < -0.4 is 5.32 Å². The van der Waals surface area contributed by atoms with Gasteiger partial charge < -0.3 is 15.3 Å². The monoisotopic (exact) mass is 270 g/mol. The van der Waals surface area contributed by atoms with Crippen LogP contribution in [0.25, 0.3) is 0 Å². The van der Waals surface area contributed by atoms with Gasteiger partial charge in [-0.05, 0) is 25.7 Å². The first-order chi connectivity index (χ1) is 9.06. The van der Waals surface area contributed by atoms with E-state index >= 15 is 0 Å². The van der Waals surface area contributed by atoms with Crippen LogP contribution in [0.2, 0.25) is 0 Å². The van der Waals surface area contributed by atoms with E-state index in [0.29, 0.717) is 12.5 Å². The fourth-order valence-electron chi connectivity index (χ4n) is 2.69. The van der Waals surface area contributed by atoms with E-state index in [2.05, 4.69) is 12.2 Å². The second kappa shape index (κ2) is 8.02. The summed E-state index contributed by atoms with van der Waals surface area (Å²) >= 11 is 0. The lowest BCUT2D eigenvalue weighted by Gasteiger charge is -2.31. The molecule has 2 N–H and O–H groups in total. The van der Waals surface area contributed by atoms with Gasteiger partial charge in [0.05, 0.1) is 6.42 Å². The normalized spacial score (nSPS) is 22.8. The zero-order valence-electron chi connectivity index (χ0n) is 12.0. The van der Waals surface area contributed by atoms with Crippen molar-refractivity contribution < 1.29 is 14.7 Å². The molecule has 19 heavy (non-hydrogen) atoms. The minimum absolute atomic E-state index is 0.00348. The maximum absolute atomic E-state index is 12.1. The van der Waals surface area contributed by atoms with Crippen LogP contribution in [0.3, 0.4) is 0 Å². The van der Waals surface area contributed by atoms with Crippen molar-refractivity contribution in [3.8, 4) is 0 Å². The minimum Gasteiger partial charge on any atom is -0.481 e. The Bertz CT molecular complexity index is 307. The number of nitrogens with zero attached hydrogens (tertiary/aromatic N) is 1. The summed E-state index contributed by atoms with van der Waals surface area (Å²) in [6.45, 7) is 4.89. The van der Waals surface area contributed by atoms with E-state index in [1.165, 1.54) is 19.3 Å². The third-order valence-electron chi connectivity index (χ3n) is 3.95. The van der Waals surface area contributed by atoms with Crippen molar-refractivity contribution in [2.24, 2.45) is 5.92 Å². The number of carbonyl (C=O) groups excluding carboxylic acids is 1. The molecule has 0 aromatic rings. The molecule has 0 radical (unpaired) electrons. The molecule has 0 saturated heterocycles. The van der Waals surface area contributed by atoms with Crippen molar-refractivity contribution in [1.82, 2.24) is 10.2 Å². The highest BCUT2D eigenvalue weighted by Gasteiger charge is 2.23. The quantitative estimate of drug-likeness (QED) is 0.779. The molecule has 0 spiro atoms. The number of rotatable bonds is 6. The van der Waals surface area contributed by atoms with Gasteiger partial charge in [-0.25, -0.2) is 4.79 Å². The molecule has 0 aromatic carbocycles. The molecule has 110 valence electrons. The maximum Gasteiger partial charge on any atom is 0.317 e. The number of hydrogen-bond donors (Lipinski definition) is 2. The molecule has 1 aliphatic carbocycles. The zero-order chi connectivity index (χ0) is 14.3. The molecule has 5 heteroatoms. The molecular formula is C14H26N2O3. The molecule has 5 nitrogen and oxygen atoms in total. The number of nitrogens with one attached hydrogen (secondary N) is 1. The van der Waals surface area contributed by atoms with E-state index in [1.54, 1.807) is 4.90 Å². The molecule has 1 aliphatic rings. The summed E-state index contributed by atoms with van der Waals surface area (Å²) in [6, 6.07) is 0.135. The summed E-state index contributed by atoms with van der Waals surface area (Å²) in [5, 5.41) is 11.7. The fourth-order valence-corrected chi connectivity index (χ4v) is 2.69. The number of aliphatic carboxylic acids is 1. The van der Waals surface area contributed by atoms with Crippen LogP contribution in [-0.2, 0) is 4.79 Å². The average Bonchev–Trinajstić information content (AvgIpc) is 2.39. The van der Waals surface area contributed by atoms with Gasteiger partial charge in [0, 0.05) is 19.1 Å². The second-order valence-corrected chi connectivity index (χ2v) is 5.31. The predicted molar refractivity (Wildman–Crippen MR) is 74.1 cm³/mol. The molecule has 1 saturated carbocycles. The molecule has 0 bridgehead atoms. The third kappa shape index (κ3) is 5.49. The molecule has 2 atom stereocenters. The molecule has 0 aliphatic heterocycles. The number of urea groups is 1. The predicted octanol–water partition coefficient (Wildman–Crippen LogP) is 2.46. The van der Waals surface area contributed by atoms with Crippen molar-refractivity contribution >= 4 is 12.0 Å². The lowest BCUT2D eigenvalue weighted by Crippen LogP contribution is -2.46. The van der Waals surface area contributed by atoms with Crippen molar-refractivity contribution in [3.63, 3.8) is 0 Å². The number of carboxylic acids is 1. The van der Waals surface area contributed by atoms with Crippen LogP contribution in [0, 0.1) is 5.92 Å². The smallest absolute Gasteiger partial charge is 0.317 e. The van der Waals surface area contributed by atoms with Crippen LogP contribution in [0.15, 0.2) is 0 Å². The Morgan fingerprint density at radius 3 is 2.63 bits per heavy atom. The van der Waals surface area contributed by atoms with E-state index in [9.17, 15) is 9.59 Å². The number of hydrogen-bond acceptors (Lipinski definition) is 2. The molecule has 0 aromatic heterocycles. The molecule has 1 fully saturated rings. The van der Waals surface area contributed by atoms with E-state index < -0.39 is 5.97 Å². The average molecular weight is 270 g/mol. The number of amides is 2. The summed E-state index contributed by atoms with van der Waals surface area (Å²) in [7, 11) is 0. The van der Waals surface area contributed by atoms with Gasteiger partial charge >= 0.3 is 12.0 Å². The topological polar surface area (TPSA) is 69.6 Å². The third-order valence-corrected chi connectivity index (χ3v) is 3.95. The van der Waals surface area contributed by atoms with E-state index in [0.717, 1.165) is 12.8 Å². The summed E-state index contributed by atoms with van der Waals surface area (Å²) < 4.78 is 0. The van der Waals surface area contributed by atoms with Gasteiger partial charge in [-0.3, -0.25) is 4.79 Å². The van der Waals surface area contributed by atoms with E-state index in [1.807, 2.05) is 6.92 Å². The first-order valence-electron chi connectivity index (χ1n) is 7.34. The van der Waals surface area contributed by atoms with Crippen LogP contribution >= 0.6 is 0 Å². The largest absolute Gasteiger partial charge is 0.481 e. The van der Waals surface area contributed by atoms with Crippen LogP contribution in [0.4, 0.5) is 4.79 Å². The SMILES string of the molecule is CCC1CCCC(NC(=O)N(CC)CCC(=O)O)C1. The van der Waals surface area contributed by atoms with Gasteiger partial charge in [0.15, 0.2) is 0 Å². The van der Waals surface area contributed by atoms with Crippen molar-refractivity contribution in [2.45, 2.75) is 58.4 Å². The Hall–Kier alpha value is -1.26. The van der Waals surface area contributed by atoms with Gasteiger partial charge in [-0.2, -0.15) is 0 Å². The Kier molecular flexibility index (Phi) is 6.67. The standard InChI is InChI=1S/C14H26N2O3/c1-3-11-6-5-7-12(10-11)15-14(19)16(4-2)9-8-13(17)18/h11-12H,3-10H2,1-2H3,(H,15,19)(H,17,18). The number of carbonyl (C=O) groups is 2. The highest BCUT2D eigenvalue weighted by Crippen LogP contribution is 2.26. The molecule has 0 heterocycles. The van der Waals surface area contributed by atoms with Crippen molar-refractivity contribution in [2.75, 3.05) is 13.1 Å². The summed E-state index contributed by atoms with van der Waals surface area (Å²) in [5.74, 6) is -0.150. The van der Waals surface area contributed by atoms with Gasteiger partial charge in [0.25, 0.3) is 0 Å². The lowest BCUT2D eigenvalue weighted by atomic mass is 9.84. The van der Waals surface area contributed by atoms with Gasteiger partial charge in [0.1, 0.15) is 0 Å². The van der Waals surface area contributed by atoms with Gasteiger partial charge in [0.2, 0.25) is 0 Å². The molecule has 2 amide bonds. The fraction of sp³-hybridized carbons (Fsp3) is 0.857. The minimum atomic E-state index is -0.866. The van der Waals surface area contributed by atoms with Crippen LogP contribution in [0.5, 0.6) is 0 Å². The van der Waals surface area contributed by atoms with Crippen LogP contribution in [0.1, 0.15) is 52.4 Å². The van der Waals surface area contributed by atoms with Gasteiger partial charge in [-0.15, -0.1) is 0 Å². The Balaban J connectivity index is 2.40. The highest BCUT2D eigenvalue weighted by atomic mass is 16.4. The lowest BCUT2D eigenvalue weighted by molar-refractivity contribution is -0.137. The van der Waals surface area contributed by atoms with E-state index in [4.69, 9.17) is 5.11 Å². The van der Waals surface area contributed by atoms with Crippen LogP contribution in [-0.4, -0.2) is 41.1 Å². The first-order valence-corrected chi connectivity index (χ1v) is 7.34. The number of carboxylic acid groups (broad SMARTS) is 1.